The van der Waals surface area contributed by atoms with Crippen LogP contribution in [0.4, 0.5) is 5.69 Å². The maximum absolute atomic E-state index is 12.5. The summed E-state index contributed by atoms with van der Waals surface area (Å²) in [7, 11) is 0. The summed E-state index contributed by atoms with van der Waals surface area (Å²) < 4.78 is 24.5. The lowest BCUT2D eigenvalue weighted by molar-refractivity contribution is -0.150. The molecule has 0 radical (unpaired) electrons. The molecule has 0 amide bonds. The van der Waals surface area contributed by atoms with E-state index in [2.05, 4.69) is 14.8 Å². The van der Waals surface area contributed by atoms with Crippen molar-refractivity contribution in [3.63, 3.8) is 0 Å². The number of carboxylic acids is 1. The van der Waals surface area contributed by atoms with E-state index >= 15 is 0 Å². The molecule has 2 N–H and O–H groups in total. The molecule has 0 saturated heterocycles. The lowest BCUT2D eigenvalue weighted by Gasteiger charge is -2.23. The van der Waals surface area contributed by atoms with Crippen molar-refractivity contribution in [2.45, 2.75) is 53.1 Å². The van der Waals surface area contributed by atoms with Gasteiger partial charge in [-0.25, -0.2) is 4.85 Å². The zero-order valence-corrected chi connectivity index (χ0v) is 37.4. The van der Waals surface area contributed by atoms with E-state index in [9.17, 15) is 25.1 Å². The van der Waals surface area contributed by atoms with Crippen molar-refractivity contribution in [2.24, 2.45) is 5.41 Å². The minimum atomic E-state index is -1.40. The number of nitrogens with zero attached hydrogens (tertiary/aromatic N) is 4. The van der Waals surface area contributed by atoms with Gasteiger partial charge in [-0.15, -0.1) is 0 Å². The van der Waals surface area contributed by atoms with E-state index in [0.29, 0.717) is 66.0 Å². The highest BCUT2D eigenvalue weighted by Crippen LogP contribution is 2.41. The van der Waals surface area contributed by atoms with Crippen molar-refractivity contribution in [1.82, 2.24) is 9.97 Å². The largest absolute Gasteiger partial charge is 0.488 e. The second-order valence-corrected chi connectivity index (χ2v) is 16.4. The van der Waals surface area contributed by atoms with Crippen molar-refractivity contribution in [3.8, 4) is 40.2 Å². The number of carbonyl (C=O) groups is 2. The van der Waals surface area contributed by atoms with Crippen molar-refractivity contribution >= 4 is 63.8 Å². The average molecular weight is 941 g/mol. The van der Waals surface area contributed by atoms with Crippen LogP contribution in [0, 0.1) is 23.3 Å². The summed E-state index contributed by atoms with van der Waals surface area (Å²) in [6.45, 7) is 9.69. The van der Waals surface area contributed by atoms with Crippen LogP contribution in [-0.4, -0.2) is 38.5 Å². The van der Waals surface area contributed by atoms with Crippen molar-refractivity contribution < 1.29 is 38.7 Å². The topological polar surface area (TPSA) is 165 Å². The van der Waals surface area contributed by atoms with E-state index in [0.717, 1.165) is 0 Å². The maximum atomic E-state index is 12.5. The fourth-order valence-electron chi connectivity index (χ4n) is 6.39. The van der Waals surface area contributed by atoms with E-state index < -0.39 is 18.0 Å². The summed E-state index contributed by atoms with van der Waals surface area (Å²) in [5, 5.41) is 30.0. The number of ether oxygens (including phenoxy) is 4. The van der Waals surface area contributed by atoms with Crippen LogP contribution < -0.4 is 18.9 Å². The second-order valence-electron chi connectivity index (χ2n) is 14.8. The molecule has 4 aromatic carbocycles. The van der Waals surface area contributed by atoms with Crippen LogP contribution in [0.15, 0.2) is 97.6 Å². The molecular formula is C48H38Cl4N4O8. The summed E-state index contributed by atoms with van der Waals surface area (Å²) in [6.07, 6.45) is 6.34. The molecule has 6 rings (SSSR count). The Labute approximate surface area is 389 Å². The molecule has 64 heavy (non-hydrogen) atoms. The molecule has 0 aliphatic rings. The van der Waals surface area contributed by atoms with Crippen LogP contribution in [-0.2, 0) is 37.6 Å². The number of aryl methyl sites for hydroxylation is 1. The van der Waals surface area contributed by atoms with Gasteiger partial charge in [0.05, 0.1) is 49.8 Å². The first-order valence-corrected chi connectivity index (χ1v) is 21.0. The number of carboxylic acid groups (broad SMARTS) is 1. The van der Waals surface area contributed by atoms with Gasteiger partial charge in [-0.2, -0.15) is 5.26 Å². The SMILES string of the molecule is [C-]#[N+]c1cncc(COc2cc(OCc3cccc(-c4cccc(COc5cc(OCc6cncc(C#N)c6)c(C(C)=O)cc5Cl)c4Cl)c3Cl)c(Cl)cc2CC[C@@](C)(CO)C(=O)O)c1. The molecule has 326 valence electrons. The highest BCUT2D eigenvalue weighted by Gasteiger charge is 2.32. The summed E-state index contributed by atoms with van der Waals surface area (Å²) in [5.41, 5.74) is 3.91. The molecule has 16 heteroatoms. The van der Waals surface area contributed by atoms with Gasteiger partial charge in [0.25, 0.3) is 0 Å². The Hall–Kier alpha value is -6.38. The number of Topliss-reactive ketones (excluding diaryl/α,β-unsaturated/α-hetero) is 1. The standard InChI is InChI=1S/C48H38Cl4N4O8/c1-28(58)38-15-40(50)44(17-42(38)62-23-30-12-29(18-53)19-55-20-30)64-26-34-7-5-9-37(46(34)52)36-8-4-6-33(45(36)51)25-63-43-16-41(61-24-31-13-35(54-3)22-56-21-31)32(14-39(43)49)10-11-48(2,27-57)47(59)60/h4-9,12-17,19-22,57H,10-11,23-27H2,1-2H3,(H,59,60)/t48-/m0/s1. The Balaban J connectivity index is 1.20. The third-order valence-electron chi connectivity index (χ3n) is 10.2. The lowest BCUT2D eigenvalue weighted by atomic mass is 9.85. The second kappa shape index (κ2) is 21.3. The van der Waals surface area contributed by atoms with Crippen LogP contribution in [0.25, 0.3) is 16.0 Å². The van der Waals surface area contributed by atoms with Crippen LogP contribution in [0.5, 0.6) is 23.0 Å². The predicted octanol–water partition coefficient (Wildman–Crippen LogP) is 11.7. The summed E-state index contributed by atoms with van der Waals surface area (Å²) in [6, 6.07) is 22.5. The lowest BCUT2D eigenvalue weighted by Crippen LogP contribution is -2.32. The molecule has 0 unspecified atom stereocenters. The van der Waals surface area contributed by atoms with Gasteiger partial charge in [0.1, 0.15) is 55.5 Å². The van der Waals surface area contributed by atoms with Gasteiger partial charge in [-0.3, -0.25) is 19.6 Å². The summed E-state index contributed by atoms with van der Waals surface area (Å²) in [5.74, 6) is -0.279. The normalized spacial score (nSPS) is 11.8. The number of hydrogen-bond acceptors (Lipinski definition) is 10. The molecule has 12 nitrogen and oxygen atoms in total. The van der Waals surface area contributed by atoms with Gasteiger partial charge in [-0.1, -0.05) is 82.8 Å². The Morgan fingerprint density at radius 2 is 1.28 bits per heavy atom. The Morgan fingerprint density at radius 1 is 0.734 bits per heavy atom. The third-order valence-corrected chi connectivity index (χ3v) is 11.7. The van der Waals surface area contributed by atoms with E-state index in [1.807, 2.05) is 30.3 Å². The molecule has 0 bridgehead atoms. The van der Waals surface area contributed by atoms with Gasteiger partial charge in [0.2, 0.25) is 5.69 Å². The van der Waals surface area contributed by atoms with Gasteiger partial charge in [0.15, 0.2) is 5.78 Å². The maximum Gasteiger partial charge on any atom is 0.311 e. The number of aliphatic hydroxyl groups is 1. The fourth-order valence-corrected chi connectivity index (χ4v) is 7.42. The summed E-state index contributed by atoms with van der Waals surface area (Å²) >= 11 is 27.4. The number of rotatable bonds is 19. The minimum absolute atomic E-state index is 0.00420. The zero-order chi connectivity index (χ0) is 46.0. The Morgan fingerprint density at radius 3 is 1.84 bits per heavy atom. The number of carbonyl (C=O) groups excluding carboxylic acids is 1. The smallest absolute Gasteiger partial charge is 0.311 e. The molecule has 0 aliphatic heterocycles. The Kier molecular flexibility index (Phi) is 15.7. The first-order chi connectivity index (χ1) is 30.7. The first-order valence-electron chi connectivity index (χ1n) is 19.5. The van der Waals surface area contributed by atoms with E-state index in [4.69, 9.17) is 71.9 Å². The molecule has 2 heterocycles. The van der Waals surface area contributed by atoms with E-state index in [1.165, 1.54) is 38.4 Å². The number of nitriles is 1. The quantitative estimate of drug-likeness (QED) is 0.0586. The third kappa shape index (κ3) is 11.4. The molecule has 1 atom stereocenters. The van der Waals surface area contributed by atoms with E-state index in [-0.39, 0.29) is 77.9 Å². The van der Waals surface area contributed by atoms with Crippen molar-refractivity contribution in [3.05, 3.63) is 168 Å². The molecule has 0 aliphatic carbocycles. The average Bonchev–Trinajstić information content (AvgIpc) is 3.29. The zero-order valence-electron chi connectivity index (χ0n) is 34.3. The fraction of sp³-hybridized carbons (Fsp3) is 0.208. The Bertz CT molecular complexity index is 2810. The molecule has 6 aromatic rings. The number of halogens is 4. The predicted molar refractivity (Wildman–Crippen MR) is 243 cm³/mol. The molecule has 0 fully saturated rings. The number of aromatic nitrogens is 2. The monoisotopic (exact) mass is 938 g/mol. The number of hydrogen-bond donors (Lipinski definition) is 2. The molecule has 0 saturated carbocycles. The highest BCUT2D eigenvalue weighted by atomic mass is 35.5. The van der Waals surface area contributed by atoms with Gasteiger partial charge in [0, 0.05) is 64.7 Å². The van der Waals surface area contributed by atoms with Gasteiger partial charge >= 0.3 is 5.97 Å². The van der Waals surface area contributed by atoms with Crippen molar-refractivity contribution in [1.29, 1.82) is 5.26 Å². The summed E-state index contributed by atoms with van der Waals surface area (Å²) in [4.78, 5) is 36.0. The van der Waals surface area contributed by atoms with Crippen molar-refractivity contribution in [2.75, 3.05) is 6.61 Å². The van der Waals surface area contributed by atoms with Crippen LogP contribution in [0.1, 0.15) is 64.0 Å². The highest BCUT2D eigenvalue weighted by molar-refractivity contribution is 6.37. The molecule has 0 spiro atoms. The number of aliphatic carboxylic acids is 1. The van der Waals surface area contributed by atoms with Gasteiger partial charge < -0.3 is 29.2 Å². The molecular weight excluding hydrogens is 902 g/mol. The van der Waals surface area contributed by atoms with E-state index in [1.54, 1.807) is 48.8 Å². The number of pyridine rings is 2. The number of ketones is 1. The minimum Gasteiger partial charge on any atom is -0.488 e. The molecule has 2 aromatic heterocycles. The van der Waals surface area contributed by atoms with Crippen LogP contribution in [0.3, 0.4) is 0 Å². The van der Waals surface area contributed by atoms with Crippen LogP contribution in [0.2, 0.25) is 20.1 Å². The van der Waals surface area contributed by atoms with Crippen LogP contribution >= 0.6 is 46.4 Å². The number of benzene rings is 4. The van der Waals surface area contributed by atoms with Gasteiger partial charge in [-0.05, 0) is 62.1 Å². The first kappa shape index (κ1) is 47.1. The number of aliphatic hydroxyl groups excluding tert-OH is 1.